The molecular weight excluding hydrogens is 297 g/mol. The number of rotatable bonds is 3. The summed E-state index contributed by atoms with van der Waals surface area (Å²) in [5.74, 6) is -0.518. The van der Waals surface area contributed by atoms with Crippen molar-refractivity contribution in [3.63, 3.8) is 0 Å². The Morgan fingerprint density at radius 2 is 1.90 bits per heavy atom. The van der Waals surface area contributed by atoms with Gasteiger partial charge >= 0.3 is 0 Å². The zero-order valence-corrected chi connectivity index (χ0v) is 12.2. The molecule has 0 aliphatic carbocycles. The quantitative estimate of drug-likeness (QED) is 0.893. The van der Waals surface area contributed by atoms with Crippen LogP contribution in [0.4, 0.5) is 0 Å². The number of benzene rings is 2. The van der Waals surface area contributed by atoms with Gasteiger partial charge in [-0.05, 0) is 36.8 Å². The van der Waals surface area contributed by atoms with Crippen LogP contribution in [0.3, 0.4) is 0 Å². The van der Waals surface area contributed by atoms with Gasteiger partial charge in [-0.15, -0.1) is 0 Å². The first-order valence-electron chi connectivity index (χ1n) is 6.03. The van der Waals surface area contributed by atoms with Crippen LogP contribution in [-0.2, 0) is 0 Å². The van der Waals surface area contributed by atoms with Crippen molar-refractivity contribution in [2.45, 2.75) is 13.0 Å². The molecule has 0 aliphatic rings. The summed E-state index contributed by atoms with van der Waals surface area (Å²) < 4.78 is 0. The molecule has 0 aliphatic heterocycles. The van der Waals surface area contributed by atoms with Crippen LogP contribution in [0.5, 0.6) is 5.75 Å². The molecule has 0 spiro atoms. The lowest BCUT2D eigenvalue weighted by atomic mass is 10.1. The third-order valence-corrected chi connectivity index (χ3v) is 3.50. The molecule has 104 valence electrons. The molecular formula is C15H13Cl2NO2. The second kappa shape index (κ2) is 6.16. The Balaban J connectivity index is 2.20. The van der Waals surface area contributed by atoms with Crippen molar-refractivity contribution >= 4 is 29.1 Å². The van der Waals surface area contributed by atoms with Crippen LogP contribution in [0, 0.1) is 0 Å². The van der Waals surface area contributed by atoms with Gasteiger partial charge in [0.05, 0.1) is 11.6 Å². The second-order valence-electron chi connectivity index (χ2n) is 4.38. The Morgan fingerprint density at radius 1 is 1.20 bits per heavy atom. The Bertz CT molecular complexity index is 644. The van der Waals surface area contributed by atoms with Crippen molar-refractivity contribution < 1.29 is 9.90 Å². The highest BCUT2D eigenvalue weighted by Crippen LogP contribution is 2.25. The van der Waals surface area contributed by atoms with E-state index in [4.69, 9.17) is 23.2 Å². The number of halogens is 2. The van der Waals surface area contributed by atoms with Gasteiger partial charge in [0.1, 0.15) is 5.75 Å². The summed E-state index contributed by atoms with van der Waals surface area (Å²) in [6.07, 6.45) is 0. The summed E-state index contributed by atoms with van der Waals surface area (Å²) in [6, 6.07) is 11.3. The molecule has 2 aromatic rings. The maximum Gasteiger partial charge on any atom is 0.255 e. The van der Waals surface area contributed by atoms with Crippen molar-refractivity contribution in [1.29, 1.82) is 0 Å². The highest BCUT2D eigenvalue weighted by atomic mass is 35.5. The molecule has 0 aromatic heterocycles. The van der Waals surface area contributed by atoms with Gasteiger partial charge in [0.2, 0.25) is 0 Å². The number of carbonyl (C=O) groups is 1. The van der Waals surface area contributed by atoms with Gasteiger partial charge in [-0.1, -0.05) is 41.4 Å². The minimum Gasteiger partial charge on any atom is -0.507 e. The zero-order chi connectivity index (χ0) is 14.7. The minimum atomic E-state index is -0.405. The smallest absolute Gasteiger partial charge is 0.255 e. The lowest BCUT2D eigenvalue weighted by Gasteiger charge is -2.16. The average Bonchev–Trinajstić information content (AvgIpc) is 2.41. The maximum atomic E-state index is 12.1. The molecule has 0 bridgehead atoms. The number of aromatic hydroxyl groups is 1. The standard InChI is InChI=1S/C15H13Cl2NO2/c1-9(11-4-2-3-5-13(11)17)18-15(20)12-8-10(16)6-7-14(12)19/h2-9,19H,1H3,(H,18,20). The molecule has 1 amide bonds. The topological polar surface area (TPSA) is 49.3 Å². The Hall–Kier alpha value is -1.71. The van der Waals surface area contributed by atoms with Gasteiger partial charge < -0.3 is 10.4 Å². The van der Waals surface area contributed by atoms with Crippen LogP contribution in [0.15, 0.2) is 42.5 Å². The second-order valence-corrected chi connectivity index (χ2v) is 5.22. The molecule has 1 unspecified atom stereocenters. The predicted molar refractivity (Wildman–Crippen MR) is 80.5 cm³/mol. The molecule has 20 heavy (non-hydrogen) atoms. The van der Waals surface area contributed by atoms with E-state index in [1.165, 1.54) is 18.2 Å². The SMILES string of the molecule is CC(NC(=O)c1cc(Cl)ccc1O)c1ccccc1Cl. The van der Waals surface area contributed by atoms with E-state index in [2.05, 4.69) is 5.32 Å². The van der Waals surface area contributed by atoms with E-state index in [-0.39, 0.29) is 17.4 Å². The normalized spacial score (nSPS) is 11.9. The molecule has 1 atom stereocenters. The van der Waals surface area contributed by atoms with Gasteiger partial charge in [-0.2, -0.15) is 0 Å². The third kappa shape index (κ3) is 3.24. The first kappa shape index (κ1) is 14.7. The van der Waals surface area contributed by atoms with Crippen LogP contribution >= 0.6 is 23.2 Å². The monoisotopic (exact) mass is 309 g/mol. The van der Waals surface area contributed by atoms with E-state index in [1.807, 2.05) is 25.1 Å². The van der Waals surface area contributed by atoms with Crippen molar-refractivity contribution in [3.8, 4) is 5.75 Å². The van der Waals surface area contributed by atoms with Crippen LogP contribution in [0.2, 0.25) is 10.0 Å². The van der Waals surface area contributed by atoms with Gasteiger partial charge in [-0.3, -0.25) is 4.79 Å². The van der Waals surface area contributed by atoms with Crippen LogP contribution < -0.4 is 5.32 Å². The number of nitrogens with one attached hydrogen (secondary N) is 1. The van der Waals surface area contributed by atoms with Crippen LogP contribution in [0.25, 0.3) is 0 Å². The summed E-state index contributed by atoms with van der Waals surface area (Å²) in [5, 5.41) is 13.4. The van der Waals surface area contributed by atoms with Gasteiger partial charge in [0, 0.05) is 10.0 Å². The molecule has 0 radical (unpaired) electrons. The molecule has 0 fully saturated rings. The highest BCUT2D eigenvalue weighted by Gasteiger charge is 2.16. The highest BCUT2D eigenvalue weighted by molar-refractivity contribution is 6.31. The Kier molecular flexibility index (Phi) is 4.53. The molecule has 2 rings (SSSR count). The van der Waals surface area contributed by atoms with E-state index in [0.717, 1.165) is 5.56 Å². The molecule has 3 nitrogen and oxygen atoms in total. The fourth-order valence-electron chi connectivity index (χ4n) is 1.87. The van der Waals surface area contributed by atoms with Crippen molar-refractivity contribution in [3.05, 3.63) is 63.6 Å². The maximum absolute atomic E-state index is 12.1. The molecule has 2 aromatic carbocycles. The van der Waals surface area contributed by atoms with Crippen molar-refractivity contribution in [1.82, 2.24) is 5.32 Å². The average molecular weight is 310 g/mol. The largest absolute Gasteiger partial charge is 0.507 e. The van der Waals surface area contributed by atoms with Crippen LogP contribution in [-0.4, -0.2) is 11.0 Å². The van der Waals surface area contributed by atoms with E-state index in [0.29, 0.717) is 10.0 Å². The third-order valence-electron chi connectivity index (χ3n) is 2.92. The van der Waals surface area contributed by atoms with Crippen LogP contribution in [0.1, 0.15) is 28.9 Å². The number of phenols is 1. The first-order valence-corrected chi connectivity index (χ1v) is 6.78. The number of phenolic OH excluding ortho intramolecular Hbond substituents is 1. The molecule has 0 heterocycles. The zero-order valence-electron chi connectivity index (χ0n) is 10.7. The molecule has 5 heteroatoms. The lowest BCUT2D eigenvalue weighted by molar-refractivity contribution is 0.0937. The van der Waals surface area contributed by atoms with Crippen molar-refractivity contribution in [2.75, 3.05) is 0 Å². The number of carbonyl (C=O) groups excluding carboxylic acids is 1. The fourth-order valence-corrected chi connectivity index (χ4v) is 2.34. The van der Waals surface area contributed by atoms with E-state index >= 15 is 0 Å². The van der Waals surface area contributed by atoms with E-state index in [1.54, 1.807) is 6.07 Å². The Labute approximate surface area is 127 Å². The summed E-state index contributed by atoms with van der Waals surface area (Å²) in [4.78, 5) is 12.1. The predicted octanol–water partition coefficient (Wildman–Crippen LogP) is 4.19. The van der Waals surface area contributed by atoms with Gasteiger partial charge in [0.25, 0.3) is 5.91 Å². The Morgan fingerprint density at radius 3 is 2.60 bits per heavy atom. The number of hydrogen-bond donors (Lipinski definition) is 2. The molecule has 2 N–H and O–H groups in total. The summed E-state index contributed by atoms with van der Waals surface area (Å²) >= 11 is 11.9. The summed E-state index contributed by atoms with van der Waals surface area (Å²) in [5.41, 5.74) is 0.945. The molecule has 0 saturated carbocycles. The van der Waals surface area contributed by atoms with Gasteiger partial charge in [0.15, 0.2) is 0 Å². The molecule has 0 saturated heterocycles. The minimum absolute atomic E-state index is 0.113. The van der Waals surface area contributed by atoms with Gasteiger partial charge in [-0.25, -0.2) is 0 Å². The fraction of sp³-hybridized carbons (Fsp3) is 0.133. The summed E-state index contributed by atoms with van der Waals surface area (Å²) in [7, 11) is 0. The summed E-state index contributed by atoms with van der Waals surface area (Å²) in [6.45, 7) is 1.82. The number of hydrogen-bond acceptors (Lipinski definition) is 2. The van der Waals surface area contributed by atoms with Crippen molar-refractivity contribution in [2.24, 2.45) is 0 Å². The number of amides is 1. The lowest BCUT2D eigenvalue weighted by Crippen LogP contribution is -2.26. The first-order chi connectivity index (χ1) is 9.49. The van der Waals surface area contributed by atoms with E-state index in [9.17, 15) is 9.90 Å². The van der Waals surface area contributed by atoms with E-state index < -0.39 is 5.91 Å².